The molecule has 9 N–H and O–H groups in total. The van der Waals surface area contributed by atoms with E-state index in [0.717, 1.165) is 0 Å². The molecule has 2 rings (SSSR count). The standard InChI is InChI=1S/C14H25N3O9/c15-1-5(17-14-11(23)8(20)6(19)4-25-14)2-16-13-12(24)10(22)9(21)7(3-18)26-13/h5-14,16-24H,2-4H2. The number of hydrogen-bond acceptors (Lipinski definition) is 12. The number of nitrogens with one attached hydrogen (secondary N) is 2. The van der Waals surface area contributed by atoms with Crippen LogP contribution < -0.4 is 10.6 Å². The van der Waals surface area contributed by atoms with E-state index in [0.29, 0.717) is 0 Å². The second-order valence-corrected chi connectivity index (χ2v) is 6.31. The van der Waals surface area contributed by atoms with Crippen LogP contribution in [0.4, 0.5) is 0 Å². The Morgan fingerprint density at radius 1 is 0.962 bits per heavy atom. The molecule has 2 fully saturated rings. The SMILES string of the molecule is N#CC(CNC1OC(CO)C(O)C(O)C1O)NC1OCC(O)C(O)C1O. The lowest BCUT2D eigenvalue weighted by Gasteiger charge is -2.41. The van der Waals surface area contributed by atoms with Gasteiger partial charge in [0.15, 0.2) is 0 Å². The van der Waals surface area contributed by atoms with Crippen LogP contribution in [0, 0.1) is 11.3 Å². The van der Waals surface area contributed by atoms with E-state index < -0.39 is 67.8 Å². The fourth-order valence-electron chi connectivity index (χ4n) is 2.80. The van der Waals surface area contributed by atoms with E-state index >= 15 is 0 Å². The highest BCUT2D eigenvalue weighted by Gasteiger charge is 2.43. The van der Waals surface area contributed by atoms with Gasteiger partial charge in [-0.3, -0.25) is 10.6 Å². The van der Waals surface area contributed by atoms with Crippen molar-refractivity contribution < 1.29 is 45.2 Å². The van der Waals surface area contributed by atoms with Crippen molar-refractivity contribution >= 4 is 0 Å². The van der Waals surface area contributed by atoms with Crippen LogP contribution in [0.1, 0.15) is 0 Å². The van der Waals surface area contributed by atoms with Crippen LogP contribution in [-0.2, 0) is 9.47 Å². The molecule has 150 valence electrons. The Labute approximate surface area is 149 Å². The fourth-order valence-corrected chi connectivity index (χ4v) is 2.80. The van der Waals surface area contributed by atoms with Crippen molar-refractivity contribution in [1.29, 1.82) is 5.26 Å². The van der Waals surface area contributed by atoms with Gasteiger partial charge in [0.2, 0.25) is 0 Å². The minimum atomic E-state index is -1.55. The summed E-state index contributed by atoms with van der Waals surface area (Å²) in [6, 6.07) is 0.934. The summed E-state index contributed by atoms with van der Waals surface area (Å²) in [7, 11) is 0. The zero-order chi connectivity index (χ0) is 19.4. The molecule has 10 unspecified atom stereocenters. The first-order valence-corrected chi connectivity index (χ1v) is 8.15. The smallest absolute Gasteiger partial charge is 0.138 e. The highest BCUT2D eigenvalue weighted by Crippen LogP contribution is 2.20. The Morgan fingerprint density at radius 2 is 1.62 bits per heavy atom. The number of ether oxygens (including phenoxy) is 2. The third-order valence-corrected chi connectivity index (χ3v) is 4.44. The number of aliphatic hydroxyl groups excluding tert-OH is 7. The normalized spacial score (nSPS) is 45.1. The van der Waals surface area contributed by atoms with Crippen molar-refractivity contribution in [3.05, 3.63) is 0 Å². The first kappa shape index (κ1) is 21.4. The molecular weight excluding hydrogens is 354 g/mol. The summed E-state index contributed by atoms with van der Waals surface area (Å²) in [6.07, 6.45) is -12.0. The molecule has 0 aromatic carbocycles. The van der Waals surface area contributed by atoms with Gasteiger partial charge < -0.3 is 45.2 Å². The number of hydrogen-bond donors (Lipinski definition) is 9. The molecule has 0 aliphatic carbocycles. The van der Waals surface area contributed by atoms with Gasteiger partial charge in [-0.25, -0.2) is 0 Å². The van der Waals surface area contributed by atoms with Gasteiger partial charge in [0, 0.05) is 6.54 Å². The molecule has 26 heavy (non-hydrogen) atoms. The molecule has 0 spiro atoms. The highest BCUT2D eigenvalue weighted by molar-refractivity contribution is 4.97. The molecule has 0 bridgehead atoms. The fraction of sp³-hybridized carbons (Fsp3) is 0.929. The van der Waals surface area contributed by atoms with E-state index in [1.54, 1.807) is 0 Å². The summed E-state index contributed by atoms with van der Waals surface area (Å²) in [5.74, 6) is 0. The second-order valence-electron chi connectivity index (χ2n) is 6.31. The average molecular weight is 379 g/mol. The zero-order valence-electron chi connectivity index (χ0n) is 13.8. The predicted molar refractivity (Wildman–Crippen MR) is 82.1 cm³/mol. The van der Waals surface area contributed by atoms with Gasteiger partial charge >= 0.3 is 0 Å². The van der Waals surface area contributed by atoms with E-state index in [2.05, 4.69) is 10.6 Å². The maximum atomic E-state index is 9.93. The van der Waals surface area contributed by atoms with Gasteiger partial charge in [-0.1, -0.05) is 0 Å². The van der Waals surface area contributed by atoms with Crippen molar-refractivity contribution in [1.82, 2.24) is 10.6 Å². The molecule has 0 radical (unpaired) electrons. The maximum Gasteiger partial charge on any atom is 0.138 e. The summed E-state index contributed by atoms with van der Waals surface area (Å²) in [4.78, 5) is 0. The minimum Gasteiger partial charge on any atom is -0.394 e. The lowest BCUT2D eigenvalue weighted by Crippen LogP contribution is -2.64. The van der Waals surface area contributed by atoms with Crippen LogP contribution in [0.3, 0.4) is 0 Å². The van der Waals surface area contributed by atoms with Gasteiger partial charge in [-0.2, -0.15) is 5.26 Å². The molecule has 2 aliphatic heterocycles. The summed E-state index contributed by atoms with van der Waals surface area (Å²) >= 11 is 0. The first-order chi connectivity index (χ1) is 12.3. The molecule has 0 aromatic rings. The molecular formula is C14H25N3O9. The summed E-state index contributed by atoms with van der Waals surface area (Å²) in [5, 5.41) is 81.9. The molecule has 2 saturated heterocycles. The van der Waals surface area contributed by atoms with E-state index in [9.17, 15) is 35.9 Å². The summed E-state index contributed by atoms with van der Waals surface area (Å²) in [5.41, 5.74) is 0. The first-order valence-electron chi connectivity index (χ1n) is 8.15. The third-order valence-electron chi connectivity index (χ3n) is 4.44. The molecule has 12 nitrogen and oxygen atoms in total. The van der Waals surface area contributed by atoms with Crippen LogP contribution in [-0.4, -0.2) is 117 Å². The molecule has 10 atom stereocenters. The van der Waals surface area contributed by atoms with Crippen molar-refractivity contribution in [2.24, 2.45) is 0 Å². The Hall–Kier alpha value is -0.950. The quantitative estimate of drug-likeness (QED) is 0.211. The van der Waals surface area contributed by atoms with Crippen molar-refractivity contribution in [2.75, 3.05) is 19.8 Å². The van der Waals surface area contributed by atoms with E-state index in [-0.39, 0.29) is 13.2 Å². The van der Waals surface area contributed by atoms with Crippen molar-refractivity contribution in [2.45, 2.75) is 61.2 Å². The number of aliphatic hydroxyl groups is 7. The number of nitriles is 1. The van der Waals surface area contributed by atoms with Crippen LogP contribution in [0.15, 0.2) is 0 Å². The molecule has 2 aliphatic rings. The average Bonchev–Trinajstić information content (AvgIpc) is 2.64. The molecule has 12 heteroatoms. The molecule has 0 saturated carbocycles. The summed E-state index contributed by atoms with van der Waals surface area (Å²) in [6.45, 7) is -0.927. The lowest BCUT2D eigenvalue weighted by atomic mass is 9.98. The van der Waals surface area contributed by atoms with Crippen LogP contribution >= 0.6 is 0 Å². The van der Waals surface area contributed by atoms with E-state index in [4.69, 9.17) is 14.6 Å². The van der Waals surface area contributed by atoms with Crippen LogP contribution in [0.2, 0.25) is 0 Å². The predicted octanol–water partition coefficient (Wildman–Crippen LogP) is -5.70. The number of rotatable bonds is 6. The van der Waals surface area contributed by atoms with Gasteiger partial charge in [0.1, 0.15) is 61.2 Å². The molecule has 0 amide bonds. The van der Waals surface area contributed by atoms with Crippen LogP contribution in [0.5, 0.6) is 0 Å². The highest BCUT2D eigenvalue weighted by atomic mass is 16.6. The van der Waals surface area contributed by atoms with Crippen molar-refractivity contribution in [3.63, 3.8) is 0 Å². The zero-order valence-corrected chi connectivity index (χ0v) is 13.8. The topological polar surface area (TPSA) is 208 Å². The van der Waals surface area contributed by atoms with Crippen molar-refractivity contribution in [3.8, 4) is 6.07 Å². The number of nitrogens with zero attached hydrogens (tertiary/aromatic N) is 1. The van der Waals surface area contributed by atoms with Gasteiger partial charge in [0.25, 0.3) is 0 Å². The molecule has 0 aromatic heterocycles. The van der Waals surface area contributed by atoms with Crippen LogP contribution in [0.25, 0.3) is 0 Å². The monoisotopic (exact) mass is 379 g/mol. The lowest BCUT2D eigenvalue weighted by molar-refractivity contribution is -0.236. The van der Waals surface area contributed by atoms with E-state index in [1.165, 1.54) is 0 Å². The summed E-state index contributed by atoms with van der Waals surface area (Å²) < 4.78 is 10.4. The van der Waals surface area contributed by atoms with Gasteiger partial charge in [-0.15, -0.1) is 0 Å². The Morgan fingerprint density at radius 3 is 2.23 bits per heavy atom. The largest absolute Gasteiger partial charge is 0.394 e. The Balaban J connectivity index is 1.89. The van der Waals surface area contributed by atoms with Gasteiger partial charge in [-0.05, 0) is 0 Å². The maximum absolute atomic E-state index is 9.93. The Bertz CT molecular complexity index is 491. The van der Waals surface area contributed by atoms with E-state index in [1.807, 2.05) is 6.07 Å². The third kappa shape index (κ3) is 4.66. The minimum absolute atomic E-state index is 0.121. The Kier molecular flexibility index (Phi) is 7.64. The van der Waals surface area contributed by atoms with Gasteiger partial charge in [0.05, 0.1) is 19.3 Å². The molecule has 2 heterocycles. The second kappa shape index (κ2) is 9.31.